The SMILES string of the molecule is NCCCCC(NC(=O)C(CC(=O)O)NC(=O)C1CCCN1)C(=O)NC(Cc1ccccc1)C(=O)O. The molecule has 0 aromatic heterocycles. The second kappa shape index (κ2) is 14.8. The highest BCUT2D eigenvalue weighted by Crippen LogP contribution is 2.09. The van der Waals surface area contributed by atoms with Gasteiger partial charge < -0.3 is 37.2 Å². The summed E-state index contributed by atoms with van der Waals surface area (Å²) in [6, 6.07) is 4.47. The van der Waals surface area contributed by atoms with Crippen LogP contribution >= 0.6 is 0 Å². The van der Waals surface area contributed by atoms with Gasteiger partial charge in [0.05, 0.1) is 12.5 Å². The molecule has 0 bridgehead atoms. The molecule has 12 nitrogen and oxygen atoms in total. The van der Waals surface area contributed by atoms with Crippen molar-refractivity contribution < 1.29 is 34.2 Å². The number of nitrogens with two attached hydrogens (primary N) is 1. The number of carboxylic acid groups (broad SMARTS) is 2. The third-order valence-corrected chi connectivity index (χ3v) is 5.87. The second-order valence-electron chi connectivity index (χ2n) is 8.74. The standard InChI is InChI=1S/C24H35N5O7/c25-11-5-4-9-17(22(33)29-19(24(35)36)13-15-7-2-1-3-8-15)27-23(34)18(14-20(30)31)28-21(32)16-10-6-12-26-16/h1-3,7-8,16-19,26H,4-6,9-14,25H2,(H,27,34)(H,28,32)(H,29,33)(H,30,31)(H,35,36). The van der Waals surface area contributed by atoms with Gasteiger partial charge >= 0.3 is 11.9 Å². The molecule has 0 aliphatic carbocycles. The highest BCUT2D eigenvalue weighted by molar-refractivity contribution is 5.95. The molecule has 1 saturated heterocycles. The molecule has 4 unspecified atom stereocenters. The smallest absolute Gasteiger partial charge is 0.326 e. The summed E-state index contributed by atoms with van der Waals surface area (Å²) < 4.78 is 0. The van der Waals surface area contributed by atoms with Gasteiger partial charge in [-0.15, -0.1) is 0 Å². The first-order chi connectivity index (χ1) is 17.2. The van der Waals surface area contributed by atoms with E-state index in [4.69, 9.17) is 5.73 Å². The van der Waals surface area contributed by atoms with E-state index in [1.807, 2.05) is 0 Å². The van der Waals surface area contributed by atoms with Gasteiger partial charge in [-0.1, -0.05) is 30.3 Å². The van der Waals surface area contributed by atoms with Crippen molar-refractivity contribution in [3.05, 3.63) is 35.9 Å². The fourth-order valence-corrected chi connectivity index (χ4v) is 3.92. The molecule has 3 amide bonds. The van der Waals surface area contributed by atoms with Crippen LogP contribution in [0.5, 0.6) is 0 Å². The van der Waals surface area contributed by atoms with Gasteiger partial charge in [-0.3, -0.25) is 19.2 Å². The Balaban J connectivity index is 2.11. The van der Waals surface area contributed by atoms with Crippen molar-refractivity contribution in [3.8, 4) is 0 Å². The predicted octanol–water partition coefficient (Wildman–Crippen LogP) is -0.876. The van der Waals surface area contributed by atoms with E-state index in [0.29, 0.717) is 37.9 Å². The van der Waals surface area contributed by atoms with Crippen molar-refractivity contribution in [2.24, 2.45) is 5.73 Å². The highest BCUT2D eigenvalue weighted by atomic mass is 16.4. The number of nitrogens with one attached hydrogen (secondary N) is 4. The first-order valence-electron chi connectivity index (χ1n) is 12.0. The maximum Gasteiger partial charge on any atom is 0.326 e. The number of hydrogen-bond acceptors (Lipinski definition) is 7. The van der Waals surface area contributed by atoms with Crippen molar-refractivity contribution in [1.29, 1.82) is 0 Å². The summed E-state index contributed by atoms with van der Waals surface area (Å²) in [5, 5.41) is 29.3. The Morgan fingerprint density at radius 2 is 1.61 bits per heavy atom. The Morgan fingerprint density at radius 3 is 2.19 bits per heavy atom. The number of unbranched alkanes of at least 4 members (excludes halogenated alkanes) is 1. The van der Waals surface area contributed by atoms with Crippen molar-refractivity contribution >= 4 is 29.7 Å². The number of rotatable bonds is 15. The predicted molar refractivity (Wildman–Crippen MR) is 130 cm³/mol. The molecule has 2 rings (SSSR count). The molecule has 1 aromatic rings. The van der Waals surface area contributed by atoms with E-state index >= 15 is 0 Å². The molecular formula is C24H35N5O7. The fraction of sp³-hybridized carbons (Fsp3) is 0.542. The Morgan fingerprint density at radius 1 is 0.944 bits per heavy atom. The van der Waals surface area contributed by atoms with E-state index in [9.17, 15) is 34.2 Å². The average Bonchev–Trinajstić information content (AvgIpc) is 3.38. The summed E-state index contributed by atoms with van der Waals surface area (Å²) in [6.45, 7) is 1.01. The van der Waals surface area contributed by atoms with E-state index in [0.717, 1.165) is 6.42 Å². The summed E-state index contributed by atoms with van der Waals surface area (Å²) in [5.41, 5.74) is 6.24. The summed E-state index contributed by atoms with van der Waals surface area (Å²) in [5.74, 6) is -4.59. The van der Waals surface area contributed by atoms with Crippen LogP contribution in [0.2, 0.25) is 0 Å². The lowest BCUT2D eigenvalue weighted by Gasteiger charge is -2.25. The number of carbonyl (C=O) groups is 5. The molecule has 8 N–H and O–H groups in total. The van der Waals surface area contributed by atoms with E-state index < -0.39 is 60.2 Å². The highest BCUT2D eigenvalue weighted by Gasteiger charge is 2.32. The Hall–Kier alpha value is -3.51. The van der Waals surface area contributed by atoms with Gasteiger partial charge in [0.2, 0.25) is 17.7 Å². The molecular weight excluding hydrogens is 470 g/mol. The Bertz CT molecular complexity index is 905. The van der Waals surface area contributed by atoms with Crippen LogP contribution in [0.4, 0.5) is 0 Å². The van der Waals surface area contributed by atoms with E-state index in [-0.39, 0.29) is 12.8 Å². The van der Waals surface area contributed by atoms with Gasteiger partial charge in [-0.2, -0.15) is 0 Å². The van der Waals surface area contributed by atoms with Gasteiger partial charge in [0.15, 0.2) is 0 Å². The van der Waals surface area contributed by atoms with Crippen LogP contribution in [0.15, 0.2) is 30.3 Å². The first kappa shape index (κ1) is 28.7. The molecule has 36 heavy (non-hydrogen) atoms. The molecule has 0 spiro atoms. The van der Waals surface area contributed by atoms with Crippen LogP contribution < -0.4 is 27.0 Å². The van der Waals surface area contributed by atoms with Gasteiger partial charge in [-0.25, -0.2) is 4.79 Å². The van der Waals surface area contributed by atoms with Crippen molar-refractivity contribution in [2.45, 2.75) is 69.1 Å². The molecule has 1 aliphatic rings. The normalized spacial score (nSPS) is 17.4. The van der Waals surface area contributed by atoms with Gasteiger partial charge in [-0.05, 0) is 50.8 Å². The number of carboxylic acids is 2. The van der Waals surface area contributed by atoms with Crippen LogP contribution in [-0.4, -0.2) is 77.1 Å². The molecule has 1 aromatic carbocycles. The number of amides is 3. The van der Waals surface area contributed by atoms with Gasteiger partial charge in [0, 0.05) is 6.42 Å². The second-order valence-corrected chi connectivity index (χ2v) is 8.74. The zero-order valence-electron chi connectivity index (χ0n) is 20.1. The largest absolute Gasteiger partial charge is 0.481 e. The van der Waals surface area contributed by atoms with E-state index in [1.165, 1.54) is 0 Å². The van der Waals surface area contributed by atoms with Crippen molar-refractivity contribution in [3.63, 3.8) is 0 Å². The van der Waals surface area contributed by atoms with E-state index in [1.54, 1.807) is 30.3 Å². The van der Waals surface area contributed by atoms with Crippen LogP contribution in [-0.2, 0) is 30.4 Å². The topological polar surface area (TPSA) is 200 Å². The zero-order chi connectivity index (χ0) is 26.5. The minimum absolute atomic E-state index is 0.0392. The molecule has 0 radical (unpaired) electrons. The maximum absolute atomic E-state index is 13.0. The molecule has 1 aliphatic heterocycles. The minimum Gasteiger partial charge on any atom is -0.481 e. The third kappa shape index (κ3) is 9.62. The van der Waals surface area contributed by atoms with E-state index in [2.05, 4.69) is 21.3 Å². The quantitative estimate of drug-likeness (QED) is 0.148. The van der Waals surface area contributed by atoms with Crippen LogP contribution in [0.1, 0.15) is 44.1 Å². The van der Waals surface area contributed by atoms with Crippen LogP contribution in [0, 0.1) is 0 Å². The van der Waals surface area contributed by atoms with Gasteiger partial charge in [0.1, 0.15) is 18.1 Å². The van der Waals surface area contributed by atoms with Crippen molar-refractivity contribution in [2.75, 3.05) is 13.1 Å². The molecule has 1 fully saturated rings. The zero-order valence-corrected chi connectivity index (χ0v) is 20.1. The lowest BCUT2D eigenvalue weighted by Crippen LogP contribution is -2.57. The monoisotopic (exact) mass is 505 g/mol. The number of hydrogen-bond donors (Lipinski definition) is 7. The number of aliphatic carboxylic acids is 2. The number of benzene rings is 1. The summed E-state index contributed by atoms with van der Waals surface area (Å²) in [6.07, 6.45) is 1.90. The molecule has 198 valence electrons. The average molecular weight is 506 g/mol. The summed E-state index contributed by atoms with van der Waals surface area (Å²) in [7, 11) is 0. The molecule has 0 saturated carbocycles. The third-order valence-electron chi connectivity index (χ3n) is 5.87. The Labute approximate surface area is 209 Å². The fourth-order valence-electron chi connectivity index (χ4n) is 3.92. The Kier molecular flexibility index (Phi) is 11.8. The minimum atomic E-state index is -1.40. The van der Waals surface area contributed by atoms with Crippen LogP contribution in [0.25, 0.3) is 0 Å². The number of carbonyl (C=O) groups excluding carboxylic acids is 3. The molecule has 4 atom stereocenters. The lowest BCUT2D eigenvalue weighted by atomic mass is 10.0. The maximum atomic E-state index is 13.0. The van der Waals surface area contributed by atoms with Crippen molar-refractivity contribution in [1.82, 2.24) is 21.3 Å². The molecule has 12 heteroatoms. The lowest BCUT2D eigenvalue weighted by molar-refractivity contribution is -0.143. The van der Waals surface area contributed by atoms with Crippen LogP contribution in [0.3, 0.4) is 0 Å². The molecule has 1 heterocycles. The summed E-state index contributed by atoms with van der Waals surface area (Å²) in [4.78, 5) is 61.6. The summed E-state index contributed by atoms with van der Waals surface area (Å²) >= 11 is 0. The van der Waals surface area contributed by atoms with Gasteiger partial charge in [0.25, 0.3) is 0 Å². The first-order valence-corrected chi connectivity index (χ1v) is 12.0.